The summed E-state index contributed by atoms with van der Waals surface area (Å²) < 4.78 is 31.0. The second-order valence-electron chi connectivity index (χ2n) is 7.22. The molecule has 0 aliphatic carbocycles. The summed E-state index contributed by atoms with van der Waals surface area (Å²) in [5.41, 5.74) is 3.60. The highest BCUT2D eigenvalue weighted by Gasteiger charge is 2.19. The Morgan fingerprint density at radius 3 is 2.29 bits per heavy atom. The lowest BCUT2D eigenvalue weighted by Crippen LogP contribution is -2.28. The molecule has 1 atom stereocenters. The van der Waals surface area contributed by atoms with Crippen molar-refractivity contribution in [3.8, 4) is 5.75 Å². The van der Waals surface area contributed by atoms with Gasteiger partial charge in [0.05, 0.1) is 30.7 Å². The minimum Gasteiger partial charge on any atom is -0.496 e. The predicted molar refractivity (Wildman–Crippen MR) is 113 cm³/mol. The van der Waals surface area contributed by atoms with E-state index in [2.05, 4.69) is 30.0 Å². The zero-order valence-electron chi connectivity index (χ0n) is 17.2. The Hall–Kier alpha value is -2.54. The van der Waals surface area contributed by atoms with Crippen molar-refractivity contribution < 1.29 is 17.9 Å². The molecule has 0 bridgehead atoms. The van der Waals surface area contributed by atoms with Crippen molar-refractivity contribution in [3.63, 3.8) is 0 Å². The number of amides is 1. The van der Waals surface area contributed by atoms with Crippen LogP contribution < -0.4 is 14.8 Å². The molecule has 2 rings (SSSR count). The van der Waals surface area contributed by atoms with Crippen LogP contribution in [-0.2, 0) is 10.0 Å². The molecular formula is C21H28N2O4S. The molecule has 7 heteroatoms. The summed E-state index contributed by atoms with van der Waals surface area (Å²) in [4.78, 5) is 12.8. The number of ether oxygens (including phenoxy) is 1. The monoisotopic (exact) mass is 404 g/mol. The van der Waals surface area contributed by atoms with Crippen molar-refractivity contribution in [1.82, 2.24) is 5.32 Å². The Labute approximate surface area is 167 Å². The van der Waals surface area contributed by atoms with Gasteiger partial charge in [-0.05, 0) is 60.7 Å². The van der Waals surface area contributed by atoms with Crippen LogP contribution in [0.25, 0.3) is 0 Å². The van der Waals surface area contributed by atoms with Crippen molar-refractivity contribution in [3.05, 3.63) is 58.7 Å². The van der Waals surface area contributed by atoms with Gasteiger partial charge < -0.3 is 10.1 Å². The molecule has 2 aromatic carbocycles. The van der Waals surface area contributed by atoms with Gasteiger partial charge in [-0.15, -0.1) is 0 Å². The molecule has 0 radical (unpaired) electrons. The van der Waals surface area contributed by atoms with E-state index in [4.69, 9.17) is 4.74 Å². The number of methoxy groups -OCH3 is 1. The molecule has 0 unspecified atom stereocenters. The average Bonchev–Trinajstić information content (AvgIpc) is 2.59. The molecule has 1 amide bonds. The summed E-state index contributed by atoms with van der Waals surface area (Å²) in [5, 5.41) is 2.97. The zero-order valence-corrected chi connectivity index (χ0v) is 18.0. The first-order chi connectivity index (χ1) is 13.0. The van der Waals surface area contributed by atoms with E-state index in [-0.39, 0.29) is 29.1 Å². The minimum absolute atomic E-state index is 0.254. The number of hydrogen-bond donors (Lipinski definition) is 2. The van der Waals surface area contributed by atoms with E-state index in [0.717, 1.165) is 28.7 Å². The van der Waals surface area contributed by atoms with Crippen molar-refractivity contribution >= 4 is 21.6 Å². The maximum absolute atomic E-state index is 12.8. The fourth-order valence-corrected chi connectivity index (χ4v) is 3.71. The van der Waals surface area contributed by atoms with Gasteiger partial charge in [-0.1, -0.05) is 26.0 Å². The Kier molecular flexibility index (Phi) is 6.72. The molecular weight excluding hydrogens is 376 g/mol. The summed E-state index contributed by atoms with van der Waals surface area (Å²) in [5.74, 6) is 0.759. The van der Waals surface area contributed by atoms with E-state index in [1.54, 1.807) is 31.4 Å². The molecule has 0 heterocycles. The zero-order chi connectivity index (χ0) is 21.1. The van der Waals surface area contributed by atoms with Crippen LogP contribution in [0.15, 0.2) is 36.4 Å². The summed E-state index contributed by atoms with van der Waals surface area (Å²) in [6.07, 6.45) is 1.05. The first-order valence-electron chi connectivity index (χ1n) is 9.09. The largest absolute Gasteiger partial charge is 0.496 e. The molecule has 0 spiro atoms. The first kappa shape index (κ1) is 21.8. The molecule has 0 saturated carbocycles. The van der Waals surface area contributed by atoms with E-state index in [9.17, 15) is 13.2 Å². The number of para-hydroxylation sites is 1. The summed E-state index contributed by atoms with van der Waals surface area (Å²) in [7, 11) is -1.84. The van der Waals surface area contributed by atoms with Gasteiger partial charge in [0.2, 0.25) is 10.0 Å². The molecule has 0 saturated heterocycles. The molecule has 28 heavy (non-hydrogen) atoms. The fourth-order valence-electron chi connectivity index (χ4n) is 3.13. The van der Waals surface area contributed by atoms with E-state index in [1.807, 2.05) is 19.9 Å². The maximum Gasteiger partial charge on any atom is 0.253 e. The van der Waals surface area contributed by atoms with Gasteiger partial charge in [0, 0.05) is 0 Å². The van der Waals surface area contributed by atoms with Crippen LogP contribution in [-0.4, -0.2) is 27.7 Å². The van der Waals surface area contributed by atoms with Crippen LogP contribution in [0, 0.1) is 6.92 Å². The molecule has 0 aliphatic rings. The van der Waals surface area contributed by atoms with Gasteiger partial charge in [0.15, 0.2) is 0 Å². The fraction of sp³-hybridized carbons (Fsp3) is 0.381. The van der Waals surface area contributed by atoms with Crippen LogP contribution in [0.3, 0.4) is 0 Å². The van der Waals surface area contributed by atoms with Gasteiger partial charge in [0.1, 0.15) is 5.75 Å². The van der Waals surface area contributed by atoms with Crippen molar-refractivity contribution in [2.24, 2.45) is 0 Å². The second-order valence-corrected chi connectivity index (χ2v) is 8.97. The normalized spacial score (nSPS) is 12.5. The van der Waals surface area contributed by atoms with E-state index in [0.29, 0.717) is 0 Å². The highest BCUT2D eigenvalue weighted by Crippen LogP contribution is 2.32. The molecule has 2 N–H and O–H groups in total. The smallest absolute Gasteiger partial charge is 0.253 e. The Morgan fingerprint density at radius 2 is 1.71 bits per heavy atom. The molecule has 152 valence electrons. The van der Waals surface area contributed by atoms with Gasteiger partial charge in [-0.3, -0.25) is 9.52 Å². The Bertz CT molecular complexity index is 968. The van der Waals surface area contributed by atoms with Crippen LogP contribution >= 0.6 is 0 Å². The number of nitrogens with one attached hydrogen (secondary N) is 2. The third-order valence-electron chi connectivity index (χ3n) is 4.52. The lowest BCUT2D eigenvalue weighted by Gasteiger charge is -2.21. The predicted octanol–water partition coefficient (Wildman–Crippen LogP) is 3.99. The minimum atomic E-state index is -3.49. The van der Waals surface area contributed by atoms with Gasteiger partial charge in [0.25, 0.3) is 5.91 Å². The van der Waals surface area contributed by atoms with Gasteiger partial charge in [-0.2, -0.15) is 0 Å². The van der Waals surface area contributed by atoms with E-state index >= 15 is 0 Å². The highest BCUT2D eigenvalue weighted by atomic mass is 32.2. The Morgan fingerprint density at radius 1 is 1.07 bits per heavy atom. The highest BCUT2D eigenvalue weighted by molar-refractivity contribution is 7.92. The van der Waals surface area contributed by atoms with Crippen molar-refractivity contribution in [2.75, 3.05) is 18.1 Å². The SMILES string of the molecule is COc1cc(C)c([C@@H](C)NC(=O)c2ccccc2NS(C)(=O)=O)cc1C(C)C. The number of anilines is 1. The molecule has 6 nitrogen and oxygen atoms in total. The number of sulfonamides is 1. The number of aryl methyl sites for hydroxylation is 1. The average molecular weight is 405 g/mol. The summed E-state index contributed by atoms with van der Waals surface area (Å²) >= 11 is 0. The van der Waals surface area contributed by atoms with Gasteiger partial charge in [-0.25, -0.2) is 8.42 Å². The van der Waals surface area contributed by atoms with Crippen LogP contribution in [0.1, 0.15) is 59.8 Å². The molecule has 2 aromatic rings. The van der Waals surface area contributed by atoms with Crippen molar-refractivity contribution in [1.29, 1.82) is 0 Å². The van der Waals surface area contributed by atoms with Crippen LogP contribution in [0.2, 0.25) is 0 Å². The summed E-state index contributed by atoms with van der Waals surface area (Å²) in [6.45, 7) is 8.06. The first-order valence-corrected chi connectivity index (χ1v) is 11.0. The number of benzene rings is 2. The van der Waals surface area contributed by atoms with Gasteiger partial charge >= 0.3 is 0 Å². The molecule has 0 aliphatic heterocycles. The lowest BCUT2D eigenvalue weighted by molar-refractivity contribution is 0.0940. The molecule has 0 fully saturated rings. The number of rotatable bonds is 7. The number of hydrogen-bond acceptors (Lipinski definition) is 4. The molecule has 0 aromatic heterocycles. The van der Waals surface area contributed by atoms with E-state index < -0.39 is 10.0 Å². The standard InChI is InChI=1S/C21H28N2O4S/c1-13(2)17-12-18(14(3)11-20(17)27-5)15(4)22-21(24)16-9-7-8-10-19(16)23-28(6,25)26/h7-13,15,23H,1-6H3,(H,22,24)/t15-/m1/s1. The maximum atomic E-state index is 12.8. The summed E-state index contributed by atoms with van der Waals surface area (Å²) in [6, 6.07) is 10.3. The number of carbonyl (C=O) groups excluding carboxylic acids is 1. The van der Waals surface area contributed by atoms with Crippen molar-refractivity contribution in [2.45, 2.75) is 39.7 Å². The lowest BCUT2D eigenvalue weighted by atomic mass is 9.93. The Balaban J connectivity index is 2.32. The third kappa shape index (κ3) is 5.25. The quantitative estimate of drug-likeness (QED) is 0.731. The van der Waals surface area contributed by atoms with E-state index in [1.165, 1.54) is 0 Å². The third-order valence-corrected chi connectivity index (χ3v) is 5.11. The topological polar surface area (TPSA) is 84.5 Å². The van der Waals surface area contributed by atoms with Crippen LogP contribution in [0.5, 0.6) is 5.75 Å². The van der Waals surface area contributed by atoms with Crippen LogP contribution in [0.4, 0.5) is 5.69 Å². The second kappa shape index (κ2) is 8.65. The number of carbonyl (C=O) groups is 1.